The molecule has 1 aliphatic rings. The molecule has 2 aromatic rings. The second-order valence-corrected chi connectivity index (χ2v) is 6.91. The van der Waals surface area contributed by atoms with E-state index in [1.54, 1.807) is 0 Å². The molecule has 1 saturated carbocycles. The average Bonchev–Trinajstić information content (AvgIpc) is 2.66. The van der Waals surface area contributed by atoms with Gasteiger partial charge in [-0.25, -0.2) is 0 Å². The summed E-state index contributed by atoms with van der Waals surface area (Å²) in [6.45, 7) is 4.78. The molecule has 25 heavy (non-hydrogen) atoms. The van der Waals surface area contributed by atoms with Crippen molar-refractivity contribution in [3.8, 4) is 5.75 Å². The lowest BCUT2D eigenvalue weighted by Crippen LogP contribution is -2.33. The SMILES string of the molecule is CCOc1ccc(N(c2ccnc(CC)c2Cl)C2CCCCC2)cc1. The first kappa shape index (κ1) is 18.1. The van der Waals surface area contributed by atoms with Crippen molar-refractivity contribution < 1.29 is 4.74 Å². The van der Waals surface area contributed by atoms with Gasteiger partial charge in [-0.3, -0.25) is 4.98 Å². The fourth-order valence-electron chi connectivity index (χ4n) is 3.66. The molecule has 0 aliphatic heterocycles. The van der Waals surface area contributed by atoms with Crippen molar-refractivity contribution in [3.05, 3.63) is 47.2 Å². The normalized spacial score (nSPS) is 15.2. The average molecular weight is 359 g/mol. The Morgan fingerprint density at radius 2 is 1.80 bits per heavy atom. The van der Waals surface area contributed by atoms with Gasteiger partial charge in [0.15, 0.2) is 0 Å². The van der Waals surface area contributed by atoms with Crippen LogP contribution in [0.2, 0.25) is 5.02 Å². The summed E-state index contributed by atoms with van der Waals surface area (Å²) in [6, 6.07) is 10.9. The predicted octanol–water partition coefficient (Wildman–Crippen LogP) is 6.17. The second kappa shape index (κ2) is 8.57. The van der Waals surface area contributed by atoms with Crippen LogP contribution in [0.4, 0.5) is 11.4 Å². The minimum Gasteiger partial charge on any atom is -0.494 e. The maximum absolute atomic E-state index is 6.72. The molecule has 3 nitrogen and oxygen atoms in total. The third-order valence-electron chi connectivity index (χ3n) is 4.90. The fraction of sp³-hybridized carbons (Fsp3) is 0.476. The lowest BCUT2D eigenvalue weighted by Gasteiger charge is -2.37. The Morgan fingerprint density at radius 3 is 2.44 bits per heavy atom. The summed E-state index contributed by atoms with van der Waals surface area (Å²) in [4.78, 5) is 6.85. The molecule has 1 heterocycles. The Balaban J connectivity index is 2.00. The van der Waals surface area contributed by atoms with Crippen LogP contribution in [0.15, 0.2) is 36.5 Å². The number of hydrogen-bond acceptors (Lipinski definition) is 3. The van der Waals surface area contributed by atoms with Crippen LogP contribution in [-0.4, -0.2) is 17.6 Å². The molecule has 0 unspecified atom stereocenters. The molecule has 1 aromatic heterocycles. The van der Waals surface area contributed by atoms with Gasteiger partial charge < -0.3 is 9.64 Å². The maximum atomic E-state index is 6.72. The summed E-state index contributed by atoms with van der Waals surface area (Å²) in [6.07, 6.45) is 9.01. The Kier molecular flexibility index (Phi) is 6.19. The van der Waals surface area contributed by atoms with E-state index < -0.39 is 0 Å². The lowest BCUT2D eigenvalue weighted by molar-refractivity contribution is 0.340. The highest BCUT2D eigenvalue weighted by Crippen LogP contribution is 2.39. The zero-order chi connectivity index (χ0) is 17.6. The first-order chi connectivity index (χ1) is 12.2. The first-order valence-corrected chi connectivity index (χ1v) is 9.77. The molecule has 4 heteroatoms. The van der Waals surface area contributed by atoms with Crippen LogP contribution < -0.4 is 9.64 Å². The number of aromatic nitrogens is 1. The third kappa shape index (κ3) is 4.09. The van der Waals surface area contributed by atoms with Crippen LogP contribution in [0.25, 0.3) is 0 Å². The standard InChI is InChI=1S/C21H27ClN2O/c1-3-19-21(22)20(14-15-23-19)24(16-8-6-5-7-9-16)17-10-12-18(13-11-17)25-4-2/h10-16H,3-9H2,1-2H3. The van der Waals surface area contributed by atoms with Crippen molar-refractivity contribution in [2.45, 2.75) is 58.4 Å². The summed E-state index contributed by atoms with van der Waals surface area (Å²) in [5.41, 5.74) is 3.21. The van der Waals surface area contributed by atoms with Crippen molar-refractivity contribution >= 4 is 23.0 Å². The smallest absolute Gasteiger partial charge is 0.119 e. The third-order valence-corrected chi connectivity index (χ3v) is 5.31. The summed E-state index contributed by atoms with van der Waals surface area (Å²) in [5, 5.41) is 0.782. The van der Waals surface area contributed by atoms with E-state index in [-0.39, 0.29) is 0 Å². The first-order valence-electron chi connectivity index (χ1n) is 9.40. The van der Waals surface area contributed by atoms with Gasteiger partial charge in [0, 0.05) is 17.9 Å². The highest BCUT2D eigenvalue weighted by Gasteiger charge is 2.25. The Bertz CT molecular complexity index is 681. The van der Waals surface area contributed by atoms with E-state index >= 15 is 0 Å². The van der Waals surface area contributed by atoms with E-state index in [0.717, 1.165) is 28.6 Å². The molecule has 0 N–H and O–H groups in total. The minimum absolute atomic E-state index is 0.483. The van der Waals surface area contributed by atoms with Crippen LogP contribution in [0.3, 0.4) is 0 Å². The van der Waals surface area contributed by atoms with E-state index in [4.69, 9.17) is 16.3 Å². The molecular formula is C21H27ClN2O. The maximum Gasteiger partial charge on any atom is 0.119 e. The number of pyridine rings is 1. The molecule has 0 radical (unpaired) electrons. The van der Waals surface area contributed by atoms with Crippen LogP contribution >= 0.6 is 11.6 Å². The highest BCUT2D eigenvalue weighted by atomic mass is 35.5. The van der Waals surface area contributed by atoms with Gasteiger partial charge in [0.05, 0.1) is 23.0 Å². The fourth-order valence-corrected chi connectivity index (χ4v) is 4.00. The Hall–Kier alpha value is -1.74. The largest absolute Gasteiger partial charge is 0.494 e. The summed E-state index contributed by atoms with van der Waals surface area (Å²) >= 11 is 6.72. The van der Waals surface area contributed by atoms with E-state index in [2.05, 4.69) is 28.9 Å². The van der Waals surface area contributed by atoms with E-state index in [0.29, 0.717) is 12.6 Å². The molecular weight excluding hydrogens is 332 g/mol. The zero-order valence-corrected chi connectivity index (χ0v) is 15.9. The molecule has 1 aromatic carbocycles. The molecule has 3 rings (SSSR count). The Morgan fingerprint density at radius 1 is 1.08 bits per heavy atom. The summed E-state index contributed by atoms with van der Waals surface area (Å²) in [5.74, 6) is 0.907. The van der Waals surface area contributed by atoms with Gasteiger partial charge in [0.1, 0.15) is 5.75 Å². The van der Waals surface area contributed by atoms with Crippen LogP contribution in [0.1, 0.15) is 51.6 Å². The van der Waals surface area contributed by atoms with Gasteiger partial charge in [-0.05, 0) is 56.5 Å². The minimum atomic E-state index is 0.483. The topological polar surface area (TPSA) is 25.4 Å². The second-order valence-electron chi connectivity index (χ2n) is 6.53. The van der Waals surface area contributed by atoms with Gasteiger partial charge in [0.25, 0.3) is 0 Å². The van der Waals surface area contributed by atoms with Crippen molar-refractivity contribution in [3.63, 3.8) is 0 Å². The number of benzene rings is 1. The van der Waals surface area contributed by atoms with Crippen molar-refractivity contribution in [2.24, 2.45) is 0 Å². The number of anilines is 2. The monoisotopic (exact) mass is 358 g/mol. The van der Waals surface area contributed by atoms with E-state index in [1.807, 2.05) is 31.3 Å². The number of rotatable bonds is 6. The molecule has 1 aliphatic carbocycles. The molecule has 0 saturated heterocycles. The highest BCUT2D eigenvalue weighted by molar-refractivity contribution is 6.34. The van der Waals surface area contributed by atoms with Gasteiger partial charge in [-0.1, -0.05) is 37.8 Å². The van der Waals surface area contributed by atoms with Crippen LogP contribution in [0.5, 0.6) is 5.75 Å². The van der Waals surface area contributed by atoms with Gasteiger partial charge in [-0.15, -0.1) is 0 Å². The molecule has 0 bridgehead atoms. The molecule has 0 amide bonds. The summed E-state index contributed by atoms with van der Waals surface area (Å²) in [7, 11) is 0. The molecule has 1 fully saturated rings. The van der Waals surface area contributed by atoms with E-state index in [1.165, 1.54) is 37.8 Å². The number of hydrogen-bond donors (Lipinski definition) is 0. The van der Waals surface area contributed by atoms with Crippen LogP contribution in [0, 0.1) is 0 Å². The number of aryl methyl sites for hydroxylation is 1. The number of ether oxygens (including phenoxy) is 1. The molecule has 134 valence electrons. The van der Waals surface area contributed by atoms with E-state index in [9.17, 15) is 0 Å². The van der Waals surface area contributed by atoms with Crippen molar-refractivity contribution in [2.75, 3.05) is 11.5 Å². The molecule has 0 atom stereocenters. The molecule has 0 spiro atoms. The van der Waals surface area contributed by atoms with Crippen LogP contribution in [-0.2, 0) is 6.42 Å². The quantitative estimate of drug-likeness (QED) is 0.617. The Labute approximate surface area is 156 Å². The summed E-state index contributed by atoms with van der Waals surface area (Å²) < 4.78 is 5.60. The van der Waals surface area contributed by atoms with Gasteiger partial charge in [-0.2, -0.15) is 0 Å². The van der Waals surface area contributed by atoms with Gasteiger partial charge >= 0.3 is 0 Å². The van der Waals surface area contributed by atoms with Gasteiger partial charge in [0.2, 0.25) is 0 Å². The lowest BCUT2D eigenvalue weighted by atomic mass is 9.93. The number of halogens is 1. The van der Waals surface area contributed by atoms with Crippen molar-refractivity contribution in [1.29, 1.82) is 0 Å². The zero-order valence-electron chi connectivity index (χ0n) is 15.2. The number of nitrogens with zero attached hydrogens (tertiary/aromatic N) is 2. The predicted molar refractivity (Wildman–Crippen MR) is 105 cm³/mol. The van der Waals surface area contributed by atoms with Crippen molar-refractivity contribution in [1.82, 2.24) is 4.98 Å².